The summed E-state index contributed by atoms with van der Waals surface area (Å²) in [6, 6.07) is 9.85. The van der Waals surface area contributed by atoms with Crippen LogP contribution in [0.5, 0.6) is 5.75 Å². The second kappa shape index (κ2) is 10.3. The average molecular weight is 353 g/mol. The van der Waals surface area contributed by atoms with E-state index in [0.717, 1.165) is 12.0 Å². The molecule has 0 radical (unpaired) electrons. The summed E-state index contributed by atoms with van der Waals surface area (Å²) in [6.45, 7) is 4.65. The highest BCUT2D eigenvalue weighted by Gasteiger charge is 2.01. The first-order valence-corrected chi connectivity index (χ1v) is 8.41. The minimum absolute atomic E-state index is 0.334. The molecule has 3 rings (SSSR count). The van der Waals surface area contributed by atoms with E-state index in [1.165, 1.54) is 17.5 Å². The summed E-state index contributed by atoms with van der Waals surface area (Å²) in [5, 5.41) is 0.334. The average Bonchev–Trinajstić information content (AvgIpc) is 2.61. The monoisotopic (exact) mass is 352 g/mol. The van der Waals surface area contributed by atoms with Gasteiger partial charge in [-0.15, -0.1) is 5.73 Å². The van der Waals surface area contributed by atoms with Gasteiger partial charge in [0.2, 0.25) is 0 Å². The Morgan fingerprint density at radius 1 is 1.08 bits per heavy atom. The minimum Gasteiger partial charge on any atom is -0.484 e. The number of nitrogens with zero attached hydrogens (tertiary/aromatic N) is 2. The molecule has 0 bridgehead atoms. The van der Waals surface area contributed by atoms with E-state index in [2.05, 4.69) is 41.7 Å². The van der Waals surface area contributed by atoms with Crippen molar-refractivity contribution in [3.05, 3.63) is 94.8 Å². The fourth-order valence-corrected chi connectivity index (χ4v) is 2.13. The highest BCUT2D eigenvalue weighted by molar-refractivity contribution is 6.30. The molecule has 0 saturated heterocycles. The van der Waals surface area contributed by atoms with E-state index in [1.54, 1.807) is 6.20 Å². The molecule has 1 aliphatic rings. The molecule has 0 aliphatic heterocycles. The fraction of sp³-hybridized carbons (Fsp3) is 0.190. The Hall–Kier alpha value is -2.61. The first-order valence-electron chi connectivity index (χ1n) is 8.03. The van der Waals surface area contributed by atoms with Gasteiger partial charge in [-0.05, 0) is 49.1 Å². The van der Waals surface area contributed by atoms with Gasteiger partial charge in [-0.25, -0.2) is 9.97 Å². The van der Waals surface area contributed by atoms with Crippen LogP contribution in [0.15, 0.2) is 84.0 Å². The Kier molecular flexibility index (Phi) is 7.71. The van der Waals surface area contributed by atoms with Gasteiger partial charge in [0.25, 0.3) is 0 Å². The number of hydrogen-bond acceptors (Lipinski definition) is 3. The van der Waals surface area contributed by atoms with Crippen LogP contribution in [0.1, 0.15) is 25.8 Å². The van der Waals surface area contributed by atoms with Crippen molar-refractivity contribution >= 4 is 11.6 Å². The molecule has 25 heavy (non-hydrogen) atoms. The number of ether oxygens (including phenoxy) is 1. The van der Waals surface area contributed by atoms with E-state index in [1.807, 2.05) is 42.5 Å². The molecule has 4 heteroatoms. The lowest BCUT2D eigenvalue weighted by atomic mass is 10.1. The number of rotatable bonds is 3. The predicted molar refractivity (Wildman–Crippen MR) is 103 cm³/mol. The number of hydrogen-bond donors (Lipinski definition) is 0. The lowest BCUT2D eigenvalue weighted by Gasteiger charge is -2.05. The highest BCUT2D eigenvalue weighted by atomic mass is 35.5. The zero-order chi connectivity index (χ0) is 17.9. The lowest BCUT2D eigenvalue weighted by Crippen LogP contribution is -1.96. The summed E-state index contributed by atoms with van der Waals surface area (Å²) >= 11 is 5.81. The smallest absolute Gasteiger partial charge is 0.175 e. The number of halogens is 1. The molecule has 0 atom stereocenters. The standard InChI is InChI=1S/C11H9ClN2O.C10H12/c12-11-10(6-13-8-14-11)15-7-9-4-2-1-3-5-9;1-9-5-3-7-10(2)8-4-6-9/h1-6,8H,7H2;5-8H,3H2,1-2H3/b;9-5-,10-7-. The second-order valence-corrected chi connectivity index (χ2v) is 5.90. The van der Waals surface area contributed by atoms with Crippen molar-refractivity contribution in [1.29, 1.82) is 0 Å². The Balaban J connectivity index is 0.000000196. The van der Waals surface area contributed by atoms with Gasteiger partial charge in [-0.1, -0.05) is 54.1 Å². The third kappa shape index (κ3) is 7.21. The molecule has 128 valence electrons. The molecule has 2 aromatic rings. The molecule has 1 heterocycles. The molecule has 0 amide bonds. The molecular weight excluding hydrogens is 332 g/mol. The van der Waals surface area contributed by atoms with Gasteiger partial charge in [0.15, 0.2) is 10.9 Å². The van der Waals surface area contributed by atoms with Crippen molar-refractivity contribution in [3.8, 4) is 5.75 Å². The van der Waals surface area contributed by atoms with Crippen LogP contribution in [-0.4, -0.2) is 9.97 Å². The van der Waals surface area contributed by atoms with Crippen LogP contribution in [0.2, 0.25) is 5.15 Å². The van der Waals surface area contributed by atoms with E-state index in [0.29, 0.717) is 17.5 Å². The van der Waals surface area contributed by atoms with Crippen molar-refractivity contribution < 1.29 is 4.74 Å². The van der Waals surface area contributed by atoms with Gasteiger partial charge in [-0.3, -0.25) is 0 Å². The van der Waals surface area contributed by atoms with Gasteiger partial charge in [0, 0.05) is 0 Å². The first-order chi connectivity index (χ1) is 12.1. The molecule has 1 aliphatic carbocycles. The second-order valence-electron chi connectivity index (χ2n) is 5.54. The van der Waals surface area contributed by atoms with Gasteiger partial charge < -0.3 is 4.74 Å². The van der Waals surface area contributed by atoms with E-state index < -0.39 is 0 Å². The van der Waals surface area contributed by atoms with Gasteiger partial charge in [0.05, 0.1) is 6.20 Å². The van der Waals surface area contributed by atoms with Crippen LogP contribution >= 0.6 is 11.6 Å². The van der Waals surface area contributed by atoms with Crippen LogP contribution in [-0.2, 0) is 6.61 Å². The van der Waals surface area contributed by atoms with Crippen LogP contribution in [0.25, 0.3) is 0 Å². The lowest BCUT2D eigenvalue weighted by molar-refractivity contribution is 0.304. The van der Waals surface area contributed by atoms with Crippen molar-refractivity contribution in [2.45, 2.75) is 26.9 Å². The van der Waals surface area contributed by atoms with E-state index in [9.17, 15) is 0 Å². The van der Waals surface area contributed by atoms with Crippen LogP contribution in [0, 0.1) is 0 Å². The Morgan fingerprint density at radius 3 is 2.40 bits per heavy atom. The maximum Gasteiger partial charge on any atom is 0.175 e. The van der Waals surface area contributed by atoms with Crippen molar-refractivity contribution in [2.24, 2.45) is 0 Å². The molecule has 0 saturated carbocycles. The summed E-state index contributed by atoms with van der Waals surface area (Å²) in [6.07, 6.45) is 12.4. The molecule has 0 N–H and O–H groups in total. The Labute approximate surface area is 154 Å². The van der Waals surface area contributed by atoms with Crippen molar-refractivity contribution in [2.75, 3.05) is 0 Å². The predicted octanol–water partition coefficient (Wildman–Crippen LogP) is 5.70. The molecule has 0 fully saturated rings. The molecule has 0 spiro atoms. The van der Waals surface area contributed by atoms with Gasteiger partial charge in [-0.2, -0.15) is 0 Å². The minimum atomic E-state index is 0.334. The third-order valence-electron chi connectivity index (χ3n) is 3.37. The quantitative estimate of drug-likeness (QED) is 0.524. The summed E-state index contributed by atoms with van der Waals surface area (Å²) in [7, 11) is 0. The van der Waals surface area contributed by atoms with E-state index >= 15 is 0 Å². The molecule has 0 unspecified atom stereocenters. The van der Waals surface area contributed by atoms with Gasteiger partial charge in [0.1, 0.15) is 12.9 Å². The normalized spacial score (nSPS) is 17.1. The van der Waals surface area contributed by atoms with Crippen molar-refractivity contribution in [1.82, 2.24) is 9.97 Å². The molecule has 1 aromatic heterocycles. The topological polar surface area (TPSA) is 35.0 Å². The fourth-order valence-electron chi connectivity index (χ4n) is 1.99. The zero-order valence-corrected chi connectivity index (χ0v) is 15.2. The SMILES string of the molecule is C/C1=C/C/C=C(/C)C=C=C1.Clc1ncncc1OCc1ccccc1. The van der Waals surface area contributed by atoms with Crippen LogP contribution in [0.3, 0.4) is 0 Å². The van der Waals surface area contributed by atoms with E-state index in [-0.39, 0.29) is 0 Å². The highest BCUT2D eigenvalue weighted by Crippen LogP contribution is 2.20. The van der Waals surface area contributed by atoms with Gasteiger partial charge >= 0.3 is 0 Å². The summed E-state index contributed by atoms with van der Waals surface area (Å²) in [5.74, 6) is 0.503. The largest absolute Gasteiger partial charge is 0.484 e. The third-order valence-corrected chi connectivity index (χ3v) is 3.66. The van der Waals surface area contributed by atoms with Crippen LogP contribution in [0.4, 0.5) is 0 Å². The summed E-state index contributed by atoms with van der Waals surface area (Å²) < 4.78 is 5.47. The maximum absolute atomic E-state index is 5.81. The number of aromatic nitrogens is 2. The Bertz CT molecular complexity index is 782. The van der Waals surface area contributed by atoms with Crippen molar-refractivity contribution in [3.63, 3.8) is 0 Å². The number of benzene rings is 1. The Morgan fingerprint density at radius 2 is 1.76 bits per heavy atom. The zero-order valence-electron chi connectivity index (χ0n) is 14.4. The van der Waals surface area contributed by atoms with E-state index in [4.69, 9.17) is 16.3 Å². The summed E-state index contributed by atoms with van der Waals surface area (Å²) in [4.78, 5) is 7.66. The van der Waals surface area contributed by atoms with Crippen LogP contribution < -0.4 is 4.74 Å². The first kappa shape index (κ1) is 18.7. The maximum atomic E-state index is 5.81. The molecular formula is C21H21ClN2O. The molecule has 3 nitrogen and oxygen atoms in total. The summed E-state index contributed by atoms with van der Waals surface area (Å²) in [5.41, 5.74) is 6.76. The number of allylic oxidation sites excluding steroid dienone is 5. The molecule has 1 aromatic carbocycles.